The predicted molar refractivity (Wildman–Crippen MR) is 80.2 cm³/mol. The van der Waals surface area contributed by atoms with Crippen molar-refractivity contribution in [3.63, 3.8) is 0 Å². The Balaban J connectivity index is 2.34. The highest BCUT2D eigenvalue weighted by Crippen LogP contribution is 2.30. The van der Waals surface area contributed by atoms with Crippen LogP contribution < -0.4 is 10.1 Å². The third kappa shape index (κ3) is 3.49. The first kappa shape index (κ1) is 13.9. The van der Waals surface area contributed by atoms with Crippen LogP contribution in [0, 0.1) is 13.8 Å². The molecule has 100 valence electrons. The Labute approximate surface area is 119 Å². The summed E-state index contributed by atoms with van der Waals surface area (Å²) in [5.74, 6) is 1.73. The Morgan fingerprint density at radius 1 is 1.05 bits per heavy atom. The number of ether oxygens (including phenoxy) is 1. The zero-order chi connectivity index (χ0) is 13.8. The lowest BCUT2D eigenvalue weighted by Gasteiger charge is -2.13. The fraction of sp³-hybridized carbons (Fsp3) is 0.250. The van der Waals surface area contributed by atoms with Crippen LogP contribution >= 0.6 is 11.6 Å². The third-order valence-corrected chi connectivity index (χ3v) is 3.19. The van der Waals surface area contributed by atoms with Gasteiger partial charge in [-0.2, -0.15) is 0 Å². The fourth-order valence-corrected chi connectivity index (χ4v) is 2.11. The molecule has 2 rings (SSSR count). The molecule has 19 heavy (non-hydrogen) atoms. The Morgan fingerprint density at radius 3 is 2.58 bits per heavy atom. The zero-order valence-corrected chi connectivity index (χ0v) is 12.2. The molecule has 0 unspecified atom stereocenters. The Morgan fingerprint density at radius 2 is 1.84 bits per heavy atom. The van der Waals surface area contributed by atoms with Crippen LogP contribution in [0.25, 0.3) is 0 Å². The fourth-order valence-electron chi connectivity index (χ4n) is 1.91. The van der Waals surface area contributed by atoms with E-state index in [1.54, 1.807) is 0 Å². The van der Waals surface area contributed by atoms with Gasteiger partial charge in [-0.3, -0.25) is 0 Å². The second-order valence-corrected chi connectivity index (χ2v) is 5.09. The molecule has 0 fully saturated rings. The first-order chi connectivity index (χ1) is 9.10. The van der Waals surface area contributed by atoms with Gasteiger partial charge < -0.3 is 10.1 Å². The van der Waals surface area contributed by atoms with Gasteiger partial charge in [0.25, 0.3) is 0 Å². The van der Waals surface area contributed by atoms with E-state index in [0.29, 0.717) is 0 Å². The number of nitrogens with one attached hydrogen (secondary N) is 1. The minimum atomic E-state index is 0.721. The number of aryl methyl sites for hydroxylation is 2. The van der Waals surface area contributed by atoms with Crippen molar-refractivity contribution in [3.05, 3.63) is 58.1 Å². The smallest absolute Gasteiger partial charge is 0.132 e. The molecule has 0 amide bonds. The number of halogens is 1. The summed E-state index contributed by atoms with van der Waals surface area (Å²) in [6.07, 6.45) is 0. The summed E-state index contributed by atoms with van der Waals surface area (Å²) in [5.41, 5.74) is 3.36. The molecule has 0 aliphatic carbocycles. The van der Waals surface area contributed by atoms with Crippen LogP contribution in [0.2, 0.25) is 5.02 Å². The molecule has 0 atom stereocenters. The summed E-state index contributed by atoms with van der Waals surface area (Å²) in [4.78, 5) is 0. The first-order valence-electron chi connectivity index (χ1n) is 6.28. The van der Waals surface area contributed by atoms with Crippen molar-refractivity contribution in [2.75, 3.05) is 7.05 Å². The van der Waals surface area contributed by atoms with Crippen molar-refractivity contribution in [1.29, 1.82) is 0 Å². The molecule has 0 bridgehead atoms. The molecule has 0 spiro atoms. The van der Waals surface area contributed by atoms with E-state index in [-0.39, 0.29) is 0 Å². The normalized spacial score (nSPS) is 10.5. The van der Waals surface area contributed by atoms with Gasteiger partial charge in [0.05, 0.1) is 0 Å². The van der Waals surface area contributed by atoms with E-state index in [4.69, 9.17) is 16.3 Å². The maximum Gasteiger partial charge on any atom is 0.132 e. The topological polar surface area (TPSA) is 21.3 Å². The van der Waals surface area contributed by atoms with E-state index in [2.05, 4.69) is 24.4 Å². The number of hydrogen-bond donors (Lipinski definition) is 1. The molecule has 0 heterocycles. The highest BCUT2D eigenvalue weighted by molar-refractivity contribution is 6.30. The third-order valence-electron chi connectivity index (χ3n) is 2.95. The minimum absolute atomic E-state index is 0.721. The summed E-state index contributed by atoms with van der Waals surface area (Å²) in [6.45, 7) is 4.83. The lowest BCUT2D eigenvalue weighted by molar-refractivity contribution is 0.470. The minimum Gasteiger partial charge on any atom is -0.457 e. The van der Waals surface area contributed by atoms with Gasteiger partial charge in [0, 0.05) is 17.1 Å². The Bertz CT molecular complexity index is 581. The number of benzene rings is 2. The standard InChI is InChI=1S/C16H18ClNO/c1-11-4-5-12(2)16(8-11)19-15-7-6-14(17)9-13(15)10-18-3/h4-9,18H,10H2,1-3H3. The quantitative estimate of drug-likeness (QED) is 0.889. The van der Waals surface area contributed by atoms with E-state index >= 15 is 0 Å². The van der Waals surface area contributed by atoms with Crippen LogP contribution in [-0.2, 0) is 6.54 Å². The largest absolute Gasteiger partial charge is 0.457 e. The van der Waals surface area contributed by atoms with E-state index in [1.165, 1.54) is 5.56 Å². The van der Waals surface area contributed by atoms with Crippen LogP contribution in [0.15, 0.2) is 36.4 Å². The molecule has 0 saturated heterocycles. The van der Waals surface area contributed by atoms with Crippen molar-refractivity contribution in [3.8, 4) is 11.5 Å². The van der Waals surface area contributed by atoms with Crippen molar-refractivity contribution in [2.24, 2.45) is 0 Å². The molecule has 0 radical (unpaired) electrons. The predicted octanol–water partition coefficient (Wildman–Crippen LogP) is 4.47. The van der Waals surface area contributed by atoms with Gasteiger partial charge in [0.1, 0.15) is 11.5 Å². The van der Waals surface area contributed by atoms with Crippen LogP contribution in [-0.4, -0.2) is 7.05 Å². The molecular weight excluding hydrogens is 258 g/mol. The molecule has 0 aliphatic heterocycles. The number of hydrogen-bond acceptors (Lipinski definition) is 2. The van der Waals surface area contributed by atoms with Gasteiger partial charge in [0.15, 0.2) is 0 Å². The zero-order valence-electron chi connectivity index (χ0n) is 11.5. The summed E-state index contributed by atoms with van der Waals surface area (Å²) < 4.78 is 6.03. The molecule has 1 N–H and O–H groups in total. The lowest BCUT2D eigenvalue weighted by atomic mass is 10.1. The average molecular weight is 276 g/mol. The summed E-state index contributed by atoms with van der Waals surface area (Å²) in [5, 5.41) is 3.85. The first-order valence-corrected chi connectivity index (χ1v) is 6.66. The molecular formula is C16H18ClNO. The molecule has 2 aromatic rings. The maximum atomic E-state index is 6.03. The molecule has 2 nitrogen and oxygen atoms in total. The molecule has 3 heteroatoms. The van der Waals surface area contributed by atoms with E-state index < -0.39 is 0 Å². The van der Waals surface area contributed by atoms with Crippen LogP contribution in [0.1, 0.15) is 16.7 Å². The van der Waals surface area contributed by atoms with Gasteiger partial charge in [0.2, 0.25) is 0 Å². The lowest BCUT2D eigenvalue weighted by Crippen LogP contribution is -2.06. The van der Waals surface area contributed by atoms with Crippen molar-refractivity contribution in [1.82, 2.24) is 5.32 Å². The van der Waals surface area contributed by atoms with E-state index in [9.17, 15) is 0 Å². The Kier molecular flexibility index (Phi) is 4.46. The van der Waals surface area contributed by atoms with Gasteiger partial charge in [-0.15, -0.1) is 0 Å². The van der Waals surface area contributed by atoms with Crippen LogP contribution in [0.4, 0.5) is 0 Å². The van der Waals surface area contributed by atoms with Crippen LogP contribution in [0.3, 0.4) is 0 Å². The summed E-state index contributed by atoms with van der Waals surface area (Å²) >= 11 is 6.03. The highest BCUT2D eigenvalue weighted by Gasteiger charge is 2.07. The maximum absolute atomic E-state index is 6.03. The van der Waals surface area contributed by atoms with Gasteiger partial charge >= 0.3 is 0 Å². The monoisotopic (exact) mass is 275 g/mol. The number of rotatable bonds is 4. The van der Waals surface area contributed by atoms with Crippen molar-refractivity contribution < 1.29 is 4.74 Å². The molecule has 0 saturated carbocycles. The van der Waals surface area contributed by atoms with Gasteiger partial charge in [-0.1, -0.05) is 23.7 Å². The highest BCUT2D eigenvalue weighted by atomic mass is 35.5. The average Bonchev–Trinajstić information content (AvgIpc) is 2.37. The molecule has 0 aliphatic rings. The molecule has 2 aromatic carbocycles. The summed E-state index contributed by atoms with van der Waals surface area (Å²) in [6, 6.07) is 11.9. The Hall–Kier alpha value is -1.51. The second kappa shape index (κ2) is 6.09. The van der Waals surface area contributed by atoms with E-state index in [1.807, 2.05) is 38.2 Å². The van der Waals surface area contributed by atoms with Crippen molar-refractivity contribution >= 4 is 11.6 Å². The SMILES string of the molecule is CNCc1cc(Cl)ccc1Oc1cc(C)ccc1C. The van der Waals surface area contributed by atoms with Gasteiger partial charge in [-0.25, -0.2) is 0 Å². The van der Waals surface area contributed by atoms with E-state index in [0.717, 1.165) is 34.2 Å². The summed E-state index contributed by atoms with van der Waals surface area (Å²) in [7, 11) is 1.91. The second-order valence-electron chi connectivity index (χ2n) is 4.65. The van der Waals surface area contributed by atoms with Crippen molar-refractivity contribution in [2.45, 2.75) is 20.4 Å². The van der Waals surface area contributed by atoms with Crippen LogP contribution in [0.5, 0.6) is 11.5 Å². The molecule has 0 aromatic heterocycles. The van der Waals surface area contributed by atoms with Gasteiger partial charge in [-0.05, 0) is 56.3 Å².